The monoisotopic (exact) mass is 331 g/mol. The maximum Gasteiger partial charge on any atom is 0.416 e. The van der Waals surface area contributed by atoms with Crippen LogP contribution in [-0.4, -0.2) is 23.8 Å². The number of benzene rings is 2. The third-order valence-corrected chi connectivity index (χ3v) is 4.00. The van der Waals surface area contributed by atoms with Gasteiger partial charge >= 0.3 is 6.18 Å². The van der Waals surface area contributed by atoms with Crippen LogP contribution in [0.3, 0.4) is 0 Å². The van der Waals surface area contributed by atoms with Gasteiger partial charge in [-0.2, -0.15) is 13.2 Å². The van der Waals surface area contributed by atoms with Crippen LogP contribution in [0.2, 0.25) is 0 Å². The Morgan fingerprint density at radius 1 is 1.00 bits per heavy atom. The second-order valence-corrected chi connectivity index (χ2v) is 5.73. The van der Waals surface area contributed by atoms with Crippen molar-refractivity contribution in [2.24, 2.45) is 0 Å². The normalized spacial score (nSPS) is 15.0. The summed E-state index contributed by atoms with van der Waals surface area (Å²) in [4.78, 5) is 14.9. The zero-order valence-corrected chi connectivity index (χ0v) is 12.9. The Morgan fingerprint density at radius 3 is 2.42 bits per heavy atom. The summed E-state index contributed by atoms with van der Waals surface area (Å²) < 4.78 is 38.6. The van der Waals surface area contributed by atoms with Crippen molar-refractivity contribution >= 4 is 5.78 Å². The number of hydrogen-bond acceptors (Lipinski definition) is 2. The summed E-state index contributed by atoms with van der Waals surface area (Å²) in [6.45, 7) is 2.21. The molecule has 24 heavy (non-hydrogen) atoms. The number of rotatable bonds is 4. The lowest BCUT2D eigenvalue weighted by atomic mass is 9.97. The highest BCUT2D eigenvalue weighted by molar-refractivity contribution is 6.10. The molecule has 0 amide bonds. The Morgan fingerprint density at radius 2 is 1.71 bits per heavy atom. The van der Waals surface area contributed by atoms with Crippen LogP contribution >= 0.6 is 0 Å². The molecule has 1 heterocycles. The Kier molecular flexibility index (Phi) is 4.53. The molecule has 0 N–H and O–H groups in total. The first-order chi connectivity index (χ1) is 11.4. The molecule has 0 atom stereocenters. The van der Waals surface area contributed by atoms with Crippen molar-refractivity contribution in [1.29, 1.82) is 0 Å². The summed E-state index contributed by atoms with van der Waals surface area (Å²) in [5.41, 5.74) is 0.513. The highest BCUT2D eigenvalue weighted by atomic mass is 19.4. The molecule has 0 bridgehead atoms. The van der Waals surface area contributed by atoms with Crippen LogP contribution in [0.1, 0.15) is 27.0 Å². The van der Waals surface area contributed by atoms with Gasteiger partial charge in [0.2, 0.25) is 0 Å². The maximum absolute atomic E-state index is 12.9. The molecule has 1 aliphatic rings. The van der Waals surface area contributed by atoms with Gasteiger partial charge in [0.05, 0.1) is 5.56 Å². The van der Waals surface area contributed by atoms with Gasteiger partial charge in [-0.05, 0) is 17.7 Å². The van der Waals surface area contributed by atoms with Crippen molar-refractivity contribution < 1.29 is 18.0 Å². The summed E-state index contributed by atoms with van der Waals surface area (Å²) in [6.07, 6.45) is -0.356. The van der Waals surface area contributed by atoms with Gasteiger partial charge in [0.15, 0.2) is 5.78 Å². The highest BCUT2D eigenvalue weighted by Gasteiger charge is 2.31. The first-order valence-electron chi connectivity index (χ1n) is 7.62. The predicted octanol–water partition coefficient (Wildman–Crippen LogP) is 4.31. The van der Waals surface area contributed by atoms with Crippen molar-refractivity contribution in [3.05, 3.63) is 82.9 Å². The molecule has 2 aromatic rings. The van der Waals surface area contributed by atoms with Crippen LogP contribution in [0.4, 0.5) is 13.2 Å². The van der Waals surface area contributed by atoms with E-state index in [1.54, 1.807) is 12.1 Å². The summed E-state index contributed by atoms with van der Waals surface area (Å²) in [5.74, 6) is -0.385. The third kappa shape index (κ3) is 3.57. The SMILES string of the molecule is O=C(c1cccc(C(F)(F)F)c1)c1ccccc1CN1CC=CC1. The van der Waals surface area contributed by atoms with Gasteiger partial charge < -0.3 is 0 Å². The average Bonchev–Trinajstić information content (AvgIpc) is 3.07. The van der Waals surface area contributed by atoms with Crippen LogP contribution in [0.5, 0.6) is 0 Å². The largest absolute Gasteiger partial charge is 0.416 e. The van der Waals surface area contributed by atoms with Crippen LogP contribution in [-0.2, 0) is 12.7 Å². The molecule has 0 spiro atoms. The number of nitrogens with zero attached hydrogens (tertiary/aromatic N) is 1. The van der Waals surface area contributed by atoms with Gasteiger partial charge in [0.25, 0.3) is 0 Å². The number of carbonyl (C=O) groups excluding carboxylic acids is 1. The van der Waals surface area contributed by atoms with Crippen LogP contribution in [0.15, 0.2) is 60.7 Å². The van der Waals surface area contributed by atoms with Gasteiger partial charge in [-0.1, -0.05) is 48.6 Å². The molecule has 0 fully saturated rings. The predicted molar refractivity (Wildman–Crippen MR) is 85.7 cm³/mol. The molecule has 5 heteroatoms. The molecule has 0 radical (unpaired) electrons. The molecule has 3 rings (SSSR count). The van der Waals surface area contributed by atoms with Gasteiger partial charge in [0, 0.05) is 30.8 Å². The van der Waals surface area contributed by atoms with E-state index in [0.29, 0.717) is 12.1 Å². The molecule has 0 aromatic heterocycles. The van der Waals surface area contributed by atoms with Gasteiger partial charge in [-0.15, -0.1) is 0 Å². The zero-order valence-electron chi connectivity index (χ0n) is 12.9. The Hall–Kier alpha value is -2.40. The fourth-order valence-electron chi connectivity index (χ4n) is 2.76. The van der Waals surface area contributed by atoms with Crippen molar-refractivity contribution in [2.45, 2.75) is 12.7 Å². The molecule has 2 aromatic carbocycles. The lowest BCUT2D eigenvalue weighted by molar-refractivity contribution is -0.137. The van der Waals surface area contributed by atoms with Crippen molar-refractivity contribution in [2.75, 3.05) is 13.1 Å². The van der Waals surface area contributed by atoms with Gasteiger partial charge in [-0.25, -0.2) is 0 Å². The van der Waals surface area contributed by atoms with Crippen molar-refractivity contribution in [3.63, 3.8) is 0 Å². The fourth-order valence-corrected chi connectivity index (χ4v) is 2.76. The zero-order chi connectivity index (χ0) is 17.2. The summed E-state index contributed by atoms with van der Waals surface area (Å²) in [7, 11) is 0. The maximum atomic E-state index is 12.9. The van der Waals surface area contributed by atoms with Gasteiger partial charge in [0.1, 0.15) is 0 Å². The smallest absolute Gasteiger partial charge is 0.292 e. The fraction of sp³-hybridized carbons (Fsp3) is 0.211. The second kappa shape index (κ2) is 6.61. The molecule has 2 nitrogen and oxygen atoms in total. The van der Waals surface area contributed by atoms with Crippen LogP contribution in [0, 0.1) is 0 Å². The Bertz CT molecular complexity index is 772. The Labute approximate surface area is 138 Å². The Balaban J connectivity index is 1.90. The molecular weight excluding hydrogens is 315 g/mol. The molecule has 0 unspecified atom stereocenters. The number of carbonyl (C=O) groups is 1. The van der Waals surface area contributed by atoms with E-state index >= 15 is 0 Å². The topological polar surface area (TPSA) is 20.3 Å². The number of alkyl halides is 3. The van der Waals surface area contributed by atoms with Crippen LogP contribution < -0.4 is 0 Å². The lowest BCUT2D eigenvalue weighted by Gasteiger charge is -2.17. The van der Waals surface area contributed by atoms with Crippen molar-refractivity contribution in [3.8, 4) is 0 Å². The minimum Gasteiger partial charge on any atom is -0.292 e. The van der Waals surface area contributed by atoms with E-state index in [2.05, 4.69) is 17.1 Å². The van der Waals surface area contributed by atoms with E-state index in [1.807, 2.05) is 12.1 Å². The lowest BCUT2D eigenvalue weighted by Crippen LogP contribution is -2.21. The summed E-state index contributed by atoms with van der Waals surface area (Å²) in [5, 5.41) is 0. The van der Waals surface area contributed by atoms with E-state index in [-0.39, 0.29) is 11.3 Å². The molecule has 124 valence electrons. The molecular formula is C19H16F3NO. The van der Waals surface area contributed by atoms with E-state index in [1.165, 1.54) is 12.1 Å². The molecule has 1 aliphatic heterocycles. The minimum atomic E-state index is -4.46. The number of ketones is 1. The minimum absolute atomic E-state index is 0.0526. The number of hydrogen-bond donors (Lipinski definition) is 0. The highest BCUT2D eigenvalue weighted by Crippen LogP contribution is 2.30. The second-order valence-electron chi connectivity index (χ2n) is 5.73. The van der Waals surface area contributed by atoms with Gasteiger partial charge in [-0.3, -0.25) is 9.69 Å². The van der Waals surface area contributed by atoms with Crippen LogP contribution in [0.25, 0.3) is 0 Å². The summed E-state index contributed by atoms with van der Waals surface area (Å²) >= 11 is 0. The average molecular weight is 331 g/mol. The molecule has 0 saturated heterocycles. The first kappa shape index (κ1) is 16.5. The molecule has 0 saturated carbocycles. The third-order valence-electron chi connectivity index (χ3n) is 4.00. The standard InChI is InChI=1S/C19H16F3NO/c20-19(21,22)16-8-5-7-14(12-16)18(24)17-9-2-1-6-15(17)13-23-10-3-4-11-23/h1-9,12H,10-11,13H2. The number of halogens is 3. The van der Waals surface area contributed by atoms with E-state index in [0.717, 1.165) is 30.8 Å². The van der Waals surface area contributed by atoms with E-state index < -0.39 is 11.7 Å². The first-order valence-corrected chi connectivity index (χ1v) is 7.62. The molecule has 0 aliphatic carbocycles. The van der Waals surface area contributed by atoms with E-state index in [4.69, 9.17) is 0 Å². The summed E-state index contributed by atoms with van der Waals surface area (Å²) in [6, 6.07) is 11.7. The quantitative estimate of drug-likeness (QED) is 0.615. The van der Waals surface area contributed by atoms with E-state index in [9.17, 15) is 18.0 Å². The van der Waals surface area contributed by atoms with Crippen molar-refractivity contribution in [1.82, 2.24) is 4.90 Å².